The molecule has 0 aliphatic rings. The summed E-state index contributed by atoms with van der Waals surface area (Å²) in [5.74, 6) is 0.450. The van der Waals surface area contributed by atoms with Crippen LogP contribution in [0.15, 0.2) is 51.7 Å². The van der Waals surface area contributed by atoms with Crippen LogP contribution < -0.4 is 10.5 Å². The first-order valence-corrected chi connectivity index (χ1v) is 8.39. The molecule has 0 spiro atoms. The van der Waals surface area contributed by atoms with Crippen molar-refractivity contribution in [2.45, 2.75) is 33.2 Å². The van der Waals surface area contributed by atoms with Crippen LogP contribution in [0.5, 0.6) is 5.75 Å². The predicted octanol–water partition coefficient (Wildman–Crippen LogP) is 3.96. The van der Waals surface area contributed by atoms with Crippen molar-refractivity contribution < 1.29 is 13.9 Å². The van der Waals surface area contributed by atoms with Crippen molar-refractivity contribution in [3.63, 3.8) is 0 Å². The van der Waals surface area contributed by atoms with E-state index in [2.05, 4.69) is 0 Å². The average Bonchev–Trinajstić information content (AvgIpc) is 2.90. The van der Waals surface area contributed by atoms with Crippen LogP contribution in [-0.4, -0.2) is 17.0 Å². The summed E-state index contributed by atoms with van der Waals surface area (Å²) in [5, 5.41) is 0. The molecule has 0 fully saturated rings. The van der Waals surface area contributed by atoms with Gasteiger partial charge < -0.3 is 9.15 Å². The lowest BCUT2D eigenvalue weighted by atomic mass is 10.1. The smallest absolute Gasteiger partial charge is 0.419 e. The fraction of sp³-hybridized carbons (Fsp3) is 0.300. The standard InChI is InChI=1S/C20H21NO4/c1-14-7-3-4-8-18(14)24-12-6-5-11-21-17-10-9-16(15(2)22)13-19(17)25-20(21)23/h3-4,7-10,13H,5-6,11-12H2,1-2H3. The number of rotatable bonds is 7. The van der Waals surface area contributed by atoms with Crippen LogP contribution in [0.2, 0.25) is 0 Å². The molecular weight excluding hydrogens is 318 g/mol. The van der Waals surface area contributed by atoms with Crippen LogP contribution in [0.1, 0.15) is 35.7 Å². The predicted molar refractivity (Wildman–Crippen MR) is 96.4 cm³/mol. The molecule has 5 nitrogen and oxygen atoms in total. The highest BCUT2D eigenvalue weighted by Gasteiger charge is 2.11. The van der Waals surface area contributed by atoms with Crippen LogP contribution >= 0.6 is 0 Å². The molecule has 3 rings (SSSR count). The zero-order valence-corrected chi connectivity index (χ0v) is 14.5. The number of carbonyl (C=O) groups excluding carboxylic acids is 1. The third kappa shape index (κ3) is 3.82. The molecule has 0 bridgehead atoms. The lowest BCUT2D eigenvalue weighted by Crippen LogP contribution is -2.14. The highest BCUT2D eigenvalue weighted by molar-refractivity contribution is 5.96. The molecule has 0 aliphatic heterocycles. The second-order valence-electron chi connectivity index (χ2n) is 6.08. The minimum Gasteiger partial charge on any atom is -0.493 e. The Morgan fingerprint density at radius 2 is 1.96 bits per heavy atom. The van der Waals surface area contributed by atoms with Gasteiger partial charge in [-0.05, 0) is 56.5 Å². The number of nitrogens with zero attached hydrogens (tertiary/aromatic N) is 1. The van der Waals surface area contributed by atoms with Gasteiger partial charge in [0.1, 0.15) is 5.75 Å². The summed E-state index contributed by atoms with van der Waals surface area (Å²) in [7, 11) is 0. The Labute approximate surface area is 145 Å². The summed E-state index contributed by atoms with van der Waals surface area (Å²) in [4.78, 5) is 23.5. The maximum atomic E-state index is 12.0. The summed E-state index contributed by atoms with van der Waals surface area (Å²) in [6.07, 6.45) is 1.63. The van der Waals surface area contributed by atoms with Crippen LogP contribution in [0.3, 0.4) is 0 Å². The Kier molecular flexibility index (Phi) is 5.03. The number of oxazole rings is 1. The SMILES string of the molecule is CC(=O)c1ccc2c(c1)oc(=O)n2CCCCOc1ccccc1C. The Balaban J connectivity index is 1.60. The van der Waals surface area contributed by atoms with Crippen molar-refractivity contribution in [1.82, 2.24) is 4.57 Å². The van der Waals surface area contributed by atoms with Gasteiger partial charge in [-0.15, -0.1) is 0 Å². The van der Waals surface area contributed by atoms with Crippen molar-refractivity contribution in [3.05, 3.63) is 64.1 Å². The summed E-state index contributed by atoms with van der Waals surface area (Å²) in [6.45, 7) is 4.67. The molecule has 0 N–H and O–H groups in total. The van der Waals surface area contributed by atoms with Crippen molar-refractivity contribution in [2.75, 3.05) is 6.61 Å². The van der Waals surface area contributed by atoms with Gasteiger partial charge in [0.15, 0.2) is 11.4 Å². The van der Waals surface area contributed by atoms with Gasteiger partial charge in [0, 0.05) is 12.1 Å². The number of hydrogen-bond acceptors (Lipinski definition) is 4. The van der Waals surface area contributed by atoms with E-state index in [9.17, 15) is 9.59 Å². The van der Waals surface area contributed by atoms with Crippen LogP contribution in [0.25, 0.3) is 11.1 Å². The maximum Gasteiger partial charge on any atom is 0.419 e. The van der Waals surface area contributed by atoms with E-state index in [0.29, 0.717) is 24.3 Å². The highest BCUT2D eigenvalue weighted by Crippen LogP contribution is 2.18. The number of benzene rings is 2. The number of ether oxygens (including phenoxy) is 1. The van der Waals surface area contributed by atoms with Crippen molar-refractivity contribution in [1.29, 1.82) is 0 Å². The minimum atomic E-state index is -0.393. The first-order chi connectivity index (χ1) is 12.1. The first-order valence-electron chi connectivity index (χ1n) is 8.39. The van der Waals surface area contributed by atoms with Gasteiger partial charge in [-0.2, -0.15) is 0 Å². The summed E-state index contributed by atoms with van der Waals surface area (Å²) < 4.78 is 12.6. The number of para-hydroxylation sites is 1. The number of aromatic nitrogens is 1. The number of Topliss-reactive ketones (excluding diaryl/α,β-unsaturated/α-hetero) is 1. The fourth-order valence-electron chi connectivity index (χ4n) is 2.77. The van der Waals surface area contributed by atoms with E-state index in [1.54, 1.807) is 22.8 Å². The molecule has 0 unspecified atom stereocenters. The molecule has 5 heteroatoms. The van der Waals surface area contributed by atoms with E-state index in [1.807, 2.05) is 31.2 Å². The third-order valence-electron chi connectivity index (χ3n) is 4.20. The van der Waals surface area contributed by atoms with E-state index in [0.717, 1.165) is 29.7 Å². The number of carbonyl (C=O) groups is 1. The van der Waals surface area contributed by atoms with Crippen LogP contribution in [-0.2, 0) is 6.54 Å². The molecule has 2 aromatic carbocycles. The van der Waals surface area contributed by atoms with Crippen molar-refractivity contribution in [2.24, 2.45) is 0 Å². The summed E-state index contributed by atoms with van der Waals surface area (Å²) >= 11 is 0. The normalized spacial score (nSPS) is 11.0. The number of aryl methyl sites for hydroxylation is 2. The van der Waals surface area contributed by atoms with Gasteiger partial charge in [-0.1, -0.05) is 18.2 Å². The van der Waals surface area contributed by atoms with Gasteiger partial charge in [0.25, 0.3) is 0 Å². The van der Waals surface area contributed by atoms with Gasteiger partial charge in [0.2, 0.25) is 0 Å². The molecule has 1 heterocycles. The van der Waals surface area contributed by atoms with Gasteiger partial charge in [-0.3, -0.25) is 9.36 Å². The Morgan fingerprint density at radius 1 is 1.16 bits per heavy atom. The molecule has 1 aromatic heterocycles. The van der Waals surface area contributed by atoms with E-state index in [1.165, 1.54) is 6.92 Å². The maximum absolute atomic E-state index is 12.0. The fourth-order valence-corrected chi connectivity index (χ4v) is 2.77. The second kappa shape index (κ2) is 7.38. The van der Waals surface area contributed by atoms with E-state index >= 15 is 0 Å². The van der Waals surface area contributed by atoms with Gasteiger partial charge in [-0.25, -0.2) is 4.79 Å². The number of ketones is 1. The molecular formula is C20H21NO4. The van der Waals surface area contributed by atoms with Gasteiger partial charge in [0.05, 0.1) is 12.1 Å². The van der Waals surface area contributed by atoms with Crippen LogP contribution in [0, 0.1) is 6.92 Å². The van der Waals surface area contributed by atoms with Crippen molar-refractivity contribution >= 4 is 16.9 Å². The quantitative estimate of drug-likeness (QED) is 0.483. The van der Waals surface area contributed by atoms with E-state index in [4.69, 9.17) is 9.15 Å². The Morgan fingerprint density at radius 3 is 2.72 bits per heavy atom. The van der Waals surface area contributed by atoms with E-state index < -0.39 is 5.76 Å². The zero-order chi connectivity index (χ0) is 17.8. The zero-order valence-electron chi connectivity index (χ0n) is 14.5. The number of fused-ring (bicyclic) bond motifs is 1. The molecule has 3 aromatic rings. The monoisotopic (exact) mass is 339 g/mol. The summed E-state index contributed by atoms with van der Waals surface area (Å²) in [6, 6.07) is 13.0. The molecule has 0 atom stereocenters. The van der Waals surface area contributed by atoms with Crippen LogP contribution in [0.4, 0.5) is 0 Å². The minimum absolute atomic E-state index is 0.0503. The molecule has 0 saturated heterocycles. The average molecular weight is 339 g/mol. The second-order valence-corrected chi connectivity index (χ2v) is 6.08. The lowest BCUT2D eigenvalue weighted by Gasteiger charge is -2.08. The Hall–Kier alpha value is -2.82. The lowest BCUT2D eigenvalue weighted by molar-refractivity contribution is 0.101. The topological polar surface area (TPSA) is 61.4 Å². The Bertz CT molecular complexity index is 952. The first kappa shape index (κ1) is 17.0. The molecule has 0 aliphatic carbocycles. The molecule has 130 valence electrons. The molecule has 0 amide bonds. The largest absolute Gasteiger partial charge is 0.493 e. The van der Waals surface area contributed by atoms with Crippen molar-refractivity contribution in [3.8, 4) is 5.75 Å². The third-order valence-corrected chi connectivity index (χ3v) is 4.20. The number of hydrogen-bond donors (Lipinski definition) is 0. The van der Waals surface area contributed by atoms with E-state index in [-0.39, 0.29) is 5.78 Å². The number of unbranched alkanes of at least 4 members (excludes halogenated alkanes) is 1. The molecule has 25 heavy (non-hydrogen) atoms. The molecule has 0 radical (unpaired) electrons. The van der Waals surface area contributed by atoms with Gasteiger partial charge >= 0.3 is 5.76 Å². The summed E-state index contributed by atoms with van der Waals surface area (Å²) in [5.41, 5.74) is 2.82. The molecule has 0 saturated carbocycles. The highest BCUT2D eigenvalue weighted by atomic mass is 16.5.